The van der Waals surface area contributed by atoms with Crippen LogP contribution >= 0.6 is 0 Å². The summed E-state index contributed by atoms with van der Waals surface area (Å²) in [6.07, 6.45) is 0. The third-order valence-electron chi connectivity index (χ3n) is 9.14. The molecule has 0 bridgehead atoms. The quantitative estimate of drug-likeness (QED) is 0.202. The number of furan rings is 1. The third-order valence-corrected chi connectivity index (χ3v) is 9.14. The molecule has 10 aromatic rings. The van der Waals surface area contributed by atoms with Crippen molar-refractivity contribution >= 4 is 76.1 Å². The summed E-state index contributed by atoms with van der Waals surface area (Å²) in [6.45, 7) is 0. The number of para-hydroxylation sites is 2. The molecule has 0 atom stereocenters. The molecule has 0 saturated heterocycles. The van der Waals surface area contributed by atoms with Gasteiger partial charge in [0.1, 0.15) is 11.2 Å². The van der Waals surface area contributed by atoms with Crippen LogP contribution in [0.1, 0.15) is 0 Å². The van der Waals surface area contributed by atoms with Gasteiger partial charge in [0.15, 0.2) is 0 Å². The van der Waals surface area contributed by atoms with Crippen LogP contribution in [0.4, 0.5) is 0 Å². The Morgan fingerprint density at radius 2 is 1.12 bits per heavy atom. The first kappa shape index (κ1) is 22.1. The molecule has 0 saturated carbocycles. The summed E-state index contributed by atoms with van der Waals surface area (Å²) in [5.74, 6) is 0. The molecule has 0 fully saturated rings. The molecule has 0 amide bonds. The largest absolute Gasteiger partial charge is 0.456 e. The van der Waals surface area contributed by atoms with Crippen LogP contribution in [0.15, 0.2) is 144 Å². The normalized spacial score (nSPS) is 12.3. The van der Waals surface area contributed by atoms with Crippen molar-refractivity contribution in [1.82, 2.24) is 4.57 Å². The maximum atomic E-state index is 6.26. The number of benzene rings is 8. The molecule has 2 heteroatoms. The summed E-state index contributed by atoms with van der Waals surface area (Å²) in [5.41, 5.74) is 7.87. The van der Waals surface area contributed by atoms with Gasteiger partial charge in [-0.1, -0.05) is 103 Å². The van der Waals surface area contributed by atoms with Crippen LogP contribution in [0.2, 0.25) is 0 Å². The highest BCUT2D eigenvalue weighted by atomic mass is 16.3. The molecule has 10 rings (SSSR count). The second-order valence-corrected chi connectivity index (χ2v) is 11.3. The fraction of sp³-hybridized carbons (Fsp3) is 0. The fourth-order valence-electron chi connectivity index (χ4n) is 7.24. The zero-order valence-corrected chi connectivity index (χ0v) is 22.6. The van der Waals surface area contributed by atoms with Gasteiger partial charge in [0.25, 0.3) is 0 Å². The molecule has 0 aliphatic rings. The van der Waals surface area contributed by atoms with Crippen LogP contribution < -0.4 is 0 Å². The van der Waals surface area contributed by atoms with Gasteiger partial charge in [-0.05, 0) is 79.8 Å². The molecule has 0 aliphatic carbocycles. The first-order chi connectivity index (χ1) is 20.8. The lowest BCUT2D eigenvalue weighted by Gasteiger charge is -2.15. The third kappa shape index (κ3) is 2.88. The van der Waals surface area contributed by atoms with Crippen molar-refractivity contribution in [3.63, 3.8) is 0 Å². The van der Waals surface area contributed by atoms with Gasteiger partial charge in [-0.15, -0.1) is 0 Å². The summed E-state index contributed by atoms with van der Waals surface area (Å²) in [7, 11) is 0. The van der Waals surface area contributed by atoms with Crippen molar-refractivity contribution in [2.45, 2.75) is 0 Å². The van der Waals surface area contributed by atoms with E-state index < -0.39 is 0 Å². The van der Waals surface area contributed by atoms with Gasteiger partial charge >= 0.3 is 0 Å². The zero-order chi connectivity index (χ0) is 27.4. The predicted molar refractivity (Wildman–Crippen MR) is 177 cm³/mol. The number of nitrogens with zero attached hydrogens (tertiary/aromatic N) is 1. The van der Waals surface area contributed by atoms with E-state index in [9.17, 15) is 0 Å². The molecule has 8 aromatic carbocycles. The van der Waals surface area contributed by atoms with Crippen molar-refractivity contribution in [2.24, 2.45) is 0 Å². The summed E-state index contributed by atoms with van der Waals surface area (Å²) in [6, 6.07) is 50.7. The molecule has 2 nitrogen and oxygen atoms in total. The topological polar surface area (TPSA) is 18.1 Å². The maximum absolute atomic E-state index is 6.26. The van der Waals surface area contributed by atoms with E-state index in [1.807, 2.05) is 12.1 Å². The van der Waals surface area contributed by atoms with Crippen molar-refractivity contribution in [3.8, 4) is 16.8 Å². The summed E-state index contributed by atoms with van der Waals surface area (Å²) in [4.78, 5) is 0. The van der Waals surface area contributed by atoms with E-state index >= 15 is 0 Å². The summed E-state index contributed by atoms with van der Waals surface area (Å²) < 4.78 is 8.65. The summed E-state index contributed by atoms with van der Waals surface area (Å²) in [5, 5.41) is 12.6. The molecule has 42 heavy (non-hydrogen) atoms. The van der Waals surface area contributed by atoms with E-state index in [0.29, 0.717) is 0 Å². The highest BCUT2D eigenvalue weighted by Crippen LogP contribution is 2.41. The minimum Gasteiger partial charge on any atom is -0.456 e. The van der Waals surface area contributed by atoms with Gasteiger partial charge in [-0.3, -0.25) is 0 Å². The Morgan fingerprint density at radius 1 is 0.405 bits per heavy atom. The lowest BCUT2D eigenvalue weighted by molar-refractivity contribution is 0.669. The minimum absolute atomic E-state index is 0.925. The Kier molecular flexibility index (Phi) is 4.21. The van der Waals surface area contributed by atoms with E-state index in [1.54, 1.807) is 0 Å². The minimum atomic E-state index is 0.925. The van der Waals surface area contributed by atoms with Crippen LogP contribution in [0.3, 0.4) is 0 Å². The standard InChI is InChI=1S/C40H23NO/c1-3-10-35-30(8-1)33-23-38-34(31-9-2-4-11-37(31)42-38)22-36(33)41(35)28-18-14-24(15-19-28)29-20-16-27-13-12-25-6-5-7-26-17-21-32(29)40(27)39(25)26/h1-23H. The van der Waals surface area contributed by atoms with E-state index in [1.165, 1.54) is 65.3 Å². The number of rotatable bonds is 2. The second kappa shape index (κ2) is 7.99. The van der Waals surface area contributed by atoms with E-state index in [-0.39, 0.29) is 0 Å². The molecule has 0 radical (unpaired) electrons. The van der Waals surface area contributed by atoms with Crippen molar-refractivity contribution in [2.75, 3.05) is 0 Å². The number of hydrogen-bond acceptors (Lipinski definition) is 1. The highest BCUT2D eigenvalue weighted by Gasteiger charge is 2.17. The van der Waals surface area contributed by atoms with Crippen molar-refractivity contribution in [3.05, 3.63) is 140 Å². The SMILES string of the molecule is c1cc2ccc3ccc(-c4ccc(-n5c6ccccc6c6cc7oc8ccccc8c7cc65)cc4)c4ccc(c1)c2c34. The van der Waals surface area contributed by atoms with Gasteiger partial charge in [-0.2, -0.15) is 0 Å². The van der Waals surface area contributed by atoms with Crippen LogP contribution in [-0.2, 0) is 0 Å². The molecule has 2 heterocycles. The Labute approximate surface area is 241 Å². The Hall–Kier alpha value is -5.60. The summed E-state index contributed by atoms with van der Waals surface area (Å²) >= 11 is 0. The predicted octanol–water partition coefficient (Wildman–Crippen LogP) is 11.2. The molecular weight excluding hydrogens is 510 g/mol. The van der Waals surface area contributed by atoms with Crippen LogP contribution in [0, 0.1) is 0 Å². The Bertz CT molecular complexity index is 2650. The van der Waals surface area contributed by atoms with Crippen molar-refractivity contribution in [1.29, 1.82) is 0 Å². The van der Waals surface area contributed by atoms with Crippen LogP contribution in [-0.4, -0.2) is 4.57 Å². The number of fused-ring (bicyclic) bond motifs is 6. The molecule has 0 N–H and O–H groups in total. The second-order valence-electron chi connectivity index (χ2n) is 11.3. The van der Waals surface area contributed by atoms with Gasteiger partial charge in [-0.25, -0.2) is 0 Å². The first-order valence-corrected chi connectivity index (χ1v) is 14.4. The smallest absolute Gasteiger partial charge is 0.136 e. The van der Waals surface area contributed by atoms with Gasteiger partial charge in [0.2, 0.25) is 0 Å². The average molecular weight is 534 g/mol. The molecule has 0 spiro atoms. The van der Waals surface area contributed by atoms with E-state index in [2.05, 4.69) is 132 Å². The van der Waals surface area contributed by atoms with E-state index in [0.717, 1.165) is 27.6 Å². The molecule has 2 aromatic heterocycles. The lowest BCUT2D eigenvalue weighted by atomic mass is 9.90. The Balaban J connectivity index is 1.19. The highest BCUT2D eigenvalue weighted by molar-refractivity contribution is 6.25. The van der Waals surface area contributed by atoms with Crippen LogP contribution in [0.25, 0.3) is 92.9 Å². The lowest BCUT2D eigenvalue weighted by Crippen LogP contribution is -1.94. The number of aromatic nitrogens is 1. The van der Waals surface area contributed by atoms with Crippen LogP contribution in [0.5, 0.6) is 0 Å². The monoisotopic (exact) mass is 533 g/mol. The van der Waals surface area contributed by atoms with Gasteiger partial charge < -0.3 is 8.98 Å². The zero-order valence-electron chi connectivity index (χ0n) is 22.6. The number of hydrogen-bond donors (Lipinski definition) is 0. The maximum Gasteiger partial charge on any atom is 0.136 e. The van der Waals surface area contributed by atoms with Crippen molar-refractivity contribution < 1.29 is 4.42 Å². The molecular formula is C40H23NO. The first-order valence-electron chi connectivity index (χ1n) is 14.4. The van der Waals surface area contributed by atoms with E-state index in [4.69, 9.17) is 4.42 Å². The molecule has 194 valence electrons. The fourth-order valence-corrected chi connectivity index (χ4v) is 7.24. The van der Waals surface area contributed by atoms with Gasteiger partial charge in [0.05, 0.1) is 11.0 Å². The molecule has 0 aliphatic heterocycles. The average Bonchev–Trinajstić information content (AvgIpc) is 3.57. The molecule has 0 unspecified atom stereocenters. The Morgan fingerprint density at radius 3 is 1.98 bits per heavy atom. The van der Waals surface area contributed by atoms with Gasteiger partial charge in [0, 0.05) is 27.2 Å².